The number of halogens is 1. The summed E-state index contributed by atoms with van der Waals surface area (Å²) in [4.78, 5) is 0. The summed E-state index contributed by atoms with van der Waals surface area (Å²) < 4.78 is 1.27. The van der Waals surface area contributed by atoms with Crippen molar-refractivity contribution < 1.29 is 21.5 Å². The molecule has 0 aliphatic carbocycles. The van der Waals surface area contributed by atoms with Crippen LogP contribution in [0.4, 0.5) is 0 Å². The molecule has 0 amide bonds. The van der Waals surface area contributed by atoms with Gasteiger partial charge in [0.05, 0.1) is 26.7 Å². The summed E-state index contributed by atoms with van der Waals surface area (Å²) in [5, 5.41) is 0. The van der Waals surface area contributed by atoms with Crippen LogP contribution in [0.25, 0.3) is 0 Å². The van der Waals surface area contributed by atoms with Crippen LogP contribution in [0.2, 0.25) is 0 Å². The van der Waals surface area contributed by atoms with Crippen molar-refractivity contribution in [3.05, 3.63) is 0 Å². The van der Waals surface area contributed by atoms with E-state index in [9.17, 15) is 0 Å². The smallest absolute Gasteiger partial charge is 0.0796 e. The average Bonchev–Trinajstić information content (AvgIpc) is 2.92. The van der Waals surface area contributed by atoms with Crippen molar-refractivity contribution in [1.82, 2.24) is 0 Å². The largest absolute Gasteiger partial charge is 1.00 e. The lowest BCUT2D eigenvalue weighted by molar-refractivity contribution is -0.910. The van der Waals surface area contributed by atoms with E-state index < -0.39 is 0 Å². The molecule has 2 nitrogen and oxygen atoms in total. The molecule has 0 radical (unpaired) electrons. The van der Waals surface area contributed by atoms with Crippen molar-refractivity contribution in [3.63, 3.8) is 0 Å². The van der Waals surface area contributed by atoms with Crippen molar-refractivity contribution in [3.8, 4) is 0 Å². The Balaban J connectivity index is 0. The highest BCUT2D eigenvalue weighted by molar-refractivity contribution is 4.53. The molecule has 0 bridgehead atoms. The summed E-state index contributed by atoms with van der Waals surface area (Å²) in [6.45, 7) is 9.49. The van der Waals surface area contributed by atoms with Gasteiger partial charge in [0.2, 0.25) is 0 Å². The van der Waals surface area contributed by atoms with Gasteiger partial charge in [0.25, 0.3) is 0 Å². The van der Waals surface area contributed by atoms with Gasteiger partial charge in [-0.05, 0) is 32.2 Å². The third-order valence-electron chi connectivity index (χ3n) is 9.01. The molecule has 39 heavy (non-hydrogen) atoms. The van der Waals surface area contributed by atoms with Crippen molar-refractivity contribution in [2.24, 2.45) is 5.73 Å². The Labute approximate surface area is 259 Å². The van der Waals surface area contributed by atoms with Gasteiger partial charge in [-0.15, -0.1) is 0 Å². The molecule has 0 unspecified atom stereocenters. The first kappa shape index (κ1) is 41.5. The number of quaternary nitrogens is 1. The highest BCUT2D eigenvalue weighted by atomic mass is 79.9. The van der Waals surface area contributed by atoms with Gasteiger partial charge in [-0.1, -0.05) is 168 Å². The maximum atomic E-state index is 5.89. The Morgan fingerprint density at radius 1 is 0.333 bits per heavy atom. The van der Waals surface area contributed by atoms with E-state index >= 15 is 0 Å². The molecule has 0 aromatic rings. The van der Waals surface area contributed by atoms with Crippen molar-refractivity contribution in [1.29, 1.82) is 0 Å². The first-order valence-electron chi connectivity index (χ1n) is 18.2. The minimum atomic E-state index is 0. The van der Waals surface area contributed by atoms with E-state index in [4.69, 9.17) is 5.73 Å². The Hall–Kier alpha value is 0.400. The van der Waals surface area contributed by atoms with Gasteiger partial charge < -0.3 is 27.2 Å². The zero-order valence-electron chi connectivity index (χ0n) is 27.7. The summed E-state index contributed by atoms with van der Waals surface area (Å²) in [5.41, 5.74) is 5.89. The van der Waals surface area contributed by atoms with Crippen LogP contribution in [0, 0.1) is 0 Å². The highest BCUT2D eigenvalue weighted by Crippen LogP contribution is 2.17. The number of nitrogens with two attached hydrogens (primary N) is 1. The number of nitrogens with zero attached hydrogens (tertiary/aromatic N) is 1. The Bertz CT molecular complexity index is 396. The second-order valence-corrected chi connectivity index (χ2v) is 13.1. The molecule has 0 spiro atoms. The minimum absolute atomic E-state index is 0. The normalized spacial score (nSPS) is 11.7. The van der Waals surface area contributed by atoms with Gasteiger partial charge in [-0.25, -0.2) is 0 Å². The van der Waals surface area contributed by atoms with Crippen LogP contribution in [0.5, 0.6) is 0 Å². The zero-order valence-corrected chi connectivity index (χ0v) is 29.3. The van der Waals surface area contributed by atoms with Crippen LogP contribution < -0.4 is 22.7 Å². The van der Waals surface area contributed by atoms with E-state index in [0.717, 1.165) is 6.54 Å². The molecule has 0 atom stereocenters. The number of hydrogen-bond acceptors (Lipinski definition) is 1. The third-order valence-corrected chi connectivity index (χ3v) is 9.01. The van der Waals surface area contributed by atoms with E-state index in [1.165, 1.54) is 210 Å². The van der Waals surface area contributed by atoms with Gasteiger partial charge in [-0.3, -0.25) is 0 Å². The summed E-state index contributed by atoms with van der Waals surface area (Å²) >= 11 is 0. The molecule has 3 heteroatoms. The van der Waals surface area contributed by atoms with Crippen LogP contribution in [0.3, 0.4) is 0 Å². The molecule has 0 heterocycles. The molecule has 238 valence electrons. The standard InChI is InChI=1S/C36H77N2.BrH/c1-4-6-8-10-12-14-16-18-20-22-24-26-28-30-34-38(3,36-32-33-37)35-31-29-27-25-23-21-19-17-15-13-11-9-7-5-2;/h4-37H2,1-3H3;1H/q+1;/p-1. The lowest BCUT2D eigenvalue weighted by Crippen LogP contribution is -3.00. The molecule has 2 N–H and O–H groups in total. The second kappa shape index (κ2) is 34.6. The van der Waals surface area contributed by atoms with Crippen molar-refractivity contribution in [2.45, 2.75) is 200 Å². The molecular formula is C36H77BrN2. The fourth-order valence-electron chi connectivity index (χ4n) is 6.18. The third kappa shape index (κ3) is 32.8. The summed E-state index contributed by atoms with van der Waals surface area (Å²) in [6.07, 6.45) is 41.8. The molecule has 0 aliphatic heterocycles. The maximum Gasteiger partial charge on any atom is 0.0796 e. The minimum Gasteiger partial charge on any atom is -1.00 e. The van der Waals surface area contributed by atoms with Crippen LogP contribution >= 0.6 is 0 Å². The van der Waals surface area contributed by atoms with Crippen LogP contribution in [-0.2, 0) is 0 Å². The lowest BCUT2D eigenvalue weighted by Gasteiger charge is -2.35. The molecule has 0 fully saturated rings. The monoisotopic (exact) mass is 617 g/mol. The van der Waals surface area contributed by atoms with Gasteiger partial charge in [0.1, 0.15) is 0 Å². The summed E-state index contributed by atoms with van der Waals surface area (Å²) in [5.74, 6) is 0. The van der Waals surface area contributed by atoms with E-state index in [0.29, 0.717) is 0 Å². The van der Waals surface area contributed by atoms with Gasteiger partial charge in [-0.2, -0.15) is 0 Å². The quantitative estimate of drug-likeness (QED) is 0.0578. The predicted molar refractivity (Wildman–Crippen MR) is 175 cm³/mol. The fourth-order valence-corrected chi connectivity index (χ4v) is 6.18. The highest BCUT2D eigenvalue weighted by Gasteiger charge is 2.19. The lowest BCUT2D eigenvalue weighted by atomic mass is 10.0. The maximum absolute atomic E-state index is 5.89. The SMILES string of the molecule is CCCCCCCCCCCCCCCC[N+](C)(CCCN)CCCCCCCCCCCCCCCC.[Br-]. The predicted octanol–water partition coefficient (Wildman–Crippen LogP) is 8.75. The topological polar surface area (TPSA) is 26.0 Å². The molecule has 0 aliphatic rings. The number of hydrogen-bond donors (Lipinski definition) is 1. The molecule has 0 aromatic heterocycles. The first-order chi connectivity index (χ1) is 18.7. The zero-order chi connectivity index (χ0) is 27.8. The average molecular weight is 618 g/mol. The number of unbranched alkanes of at least 4 members (excludes halogenated alkanes) is 26. The van der Waals surface area contributed by atoms with Crippen LogP contribution in [0.15, 0.2) is 0 Å². The first-order valence-corrected chi connectivity index (χ1v) is 18.2. The van der Waals surface area contributed by atoms with Gasteiger partial charge in [0, 0.05) is 6.42 Å². The van der Waals surface area contributed by atoms with E-state index in [1.807, 2.05) is 0 Å². The van der Waals surface area contributed by atoms with E-state index in [1.54, 1.807) is 0 Å². The van der Waals surface area contributed by atoms with Crippen LogP contribution in [0.1, 0.15) is 200 Å². The van der Waals surface area contributed by atoms with E-state index in [2.05, 4.69) is 20.9 Å². The van der Waals surface area contributed by atoms with E-state index in [-0.39, 0.29) is 17.0 Å². The molecular weight excluding hydrogens is 540 g/mol. The molecule has 0 aromatic carbocycles. The molecule has 0 rings (SSSR count). The van der Waals surface area contributed by atoms with Crippen molar-refractivity contribution >= 4 is 0 Å². The Morgan fingerprint density at radius 3 is 0.769 bits per heavy atom. The van der Waals surface area contributed by atoms with Crippen molar-refractivity contribution in [2.75, 3.05) is 33.2 Å². The summed E-state index contributed by atoms with van der Waals surface area (Å²) in [7, 11) is 2.51. The van der Waals surface area contributed by atoms with Crippen LogP contribution in [-0.4, -0.2) is 37.7 Å². The Morgan fingerprint density at radius 2 is 0.538 bits per heavy atom. The molecule has 0 saturated heterocycles. The van der Waals surface area contributed by atoms with Gasteiger partial charge in [0.15, 0.2) is 0 Å². The fraction of sp³-hybridized carbons (Fsp3) is 1.00. The van der Waals surface area contributed by atoms with Gasteiger partial charge >= 0.3 is 0 Å². The Kier molecular flexibility index (Phi) is 36.8. The number of rotatable bonds is 33. The second-order valence-electron chi connectivity index (χ2n) is 13.1. The summed E-state index contributed by atoms with van der Waals surface area (Å²) in [6, 6.07) is 0. The molecule has 0 saturated carbocycles.